The van der Waals surface area contributed by atoms with Crippen molar-refractivity contribution in [2.75, 3.05) is 0 Å². The van der Waals surface area contributed by atoms with Crippen LogP contribution in [-0.2, 0) is 16.0 Å². The zero-order valence-corrected chi connectivity index (χ0v) is 16.5. The van der Waals surface area contributed by atoms with E-state index in [1.165, 1.54) is 19.3 Å². The van der Waals surface area contributed by atoms with Crippen LogP contribution in [0.15, 0.2) is 24.3 Å². The summed E-state index contributed by atoms with van der Waals surface area (Å²) in [6, 6.07) is 7.30. The number of carbonyl (C=O) groups is 2. The molecule has 2 amide bonds. The van der Waals surface area contributed by atoms with Crippen LogP contribution in [0.25, 0.3) is 0 Å². The van der Waals surface area contributed by atoms with Crippen molar-refractivity contribution >= 4 is 34.4 Å². The Bertz CT molecular complexity index is 667. The molecule has 5 heteroatoms. The van der Waals surface area contributed by atoms with Crippen molar-refractivity contribution in [2.24, 2.45) is 28.9 Å². The van der Waals surface area contributed by atoms with Gasteiger partial charge in [0.1, 0.15) is 6.04 Å². The molecule has 1 atom stereocenters. The summed E-state index contributed by atoms with van der Waals surface area (Å²) >= 11 is 2.26. The monoisotopic (exact) mass is 452 g/mol. The van der Waals surface area contributed by atoms with Crippen molar-refractivity contribution < 1.29 is 9.59 Å². The van der Waals surface area contributed by atoms with Crippen LogP contribution in [0, 0.1) is 26.7 Å². The van der Waals surface area contributed by atoms with Gasteiger partial charge in [0.15, 0.2) is 0 Å². The highest BCUT2D eigenvalue weighted by atomic mass is 127. The molecule has 3 N–H and O–H groups in total. The molecule has 0 unspecified atom stereocenters. The number of primary amides is 1. The number of carbonyl (C=O) groups excluding carboxylic acids is 2. The van der Waals surface area contributed by atoms with E-state index in [2.05, 4.69) is 27.9 Å². The van der Waals surface area contributed by atoms with E-state index in [0.29, 0.717) is 24.2 Å². The Kier molecular flexibility index (Phi) is 4.54. The van der Waals surface area contributed by atoms with Gasteiger partial charge in [0.05, 0.1) is 0 Å². The molecule has 4 bridgehead atoms. The van der Waals surface area contributed by atoms with E-state index < -0.39 is 11.9 Å². The van der Waals surface area contributed by atoms with Gasteiger partial charge in [0, 0.05) is 15.4 Å². The average Bonchev–Trinajstić information content (AvgIpc) is 2.54. The molecule has 134 valence electrons. The molecular formula is C20H25IN2O2. The molecule has 0 spiro atoms. The maximum absolute atomic E-state index is 13.2. The second-order valence-corrected chi connectivity index (χ2v) is 9.58. The molecule has 0 aliphatic heterocycles. The first kappa shape index (κ1) is 17.3. The fraction of sp³-hybridized carbons (Fsp3) is 0.600. The number of rotatable bonds is 5. The lowest BCUT2D eigenvalue weighted by atomic mass is 9.49. The Morgan fingerprint density at radius 1 is 1.12 bits per heavy atom. The van der Waals surface area contributed by atoms with Gasteiger partial charge in [-0.1, -0.05) is 18.2 Å². The molecule has 0 aromatic heterocycles. The molecule has 1 aromatic rings. The second kappa shape index (κ2) is 6.56. The minimum absolute atomic E-state index is 0.0707. The average molecular weight is 452 g/mol. The van der Waals surface area contributed by atoms with E-state index in [1.807, 2.05) is 24.3 Å². The van der Waals surface area contributed by atoms with Crippen LogP contribution in [0.3, 0.4) is 0 Å². The first-order valence-electron chi connectivity index (χ1n) is 9.29. The van der Waals surface area contributed by atoms with Crippen LogP contribution in [0.4, 0.5) is 0 Å². The summed E-state index contributed by atoms with van der Waals surface area (Å²) < 4.78 is 1.09. The fourth-order valence-corrected chi connectivity index (χ4v) is 6.41. The molecule has 5 rings (SSSR count). The van der Waals surface area contributed by atoms with E-state index in [0.717, 1.165) is 28.4 Å². The predicted octanol–water partition coefficient (Wildman–Crippen LogP) is 3.02. The van der Waals surface area contributed by atoms with Crippen molar-refractivity contribution in [1.82, 2.24) is 5.32 Å². The van der Waals surface area contributed by atoms with Crippen molar-refractivity contribution in [3.05, 3.63) is 33.4 Å². The molecule has 4 aliphatic rings. The van der Waals surface area contributed by atoms with Gasteiger partial charge in [-0.25, -0.2) is 0 Å². The van der Waals surface area contributed by atoms with E-state index in [-0.39, 0.29) is 11.3 Å². The van der Waals surface area contributed by atoms with E-state index in [1.54, 1.807) is 0 Å². The van der Waals surface area contributed by atoms with Gasteiger partial charge in [-0.05, 0) is 90.5 Å². The second-order valence-electron chi connectivity index (χ2n) is 8.42. The Labute approximate surface area is 162 Å². The zero-order valence-electron chi connectivity index (χ0n) is 14.3. The number of hydrogen-bond acceptors (Lipinski definition) is 2. The third-order valence-corrected chi connectivity index (χ3v) is 7.60. The molecule has 1 aromatic carbocycles. The van der Waals surface area contributed by atoms with E-state index in [4.69, 9.17) is 5.73 Å². The quantitative estimate of drug-likeness (QED) is 0.675. The van der Waals surface area contributed by atoms with Crippen LogP contribution in [0.2, 0.25) is 0 Å². The van der Waals surface area contributed by atoms with E-state index in [9.17, 15) is 9.59 Å². The zero-order chi connectivity index (χ0) is 17.6. The molecule has 0 saturated heterocycles. The Balaban J connectivity index is 1.50. The molecular weight excluding hydrogens is 427 g/mol. The normalized spacial score (nSPS) is 33.9. The third-order valence-electron chi connectivity index (χ3n) is 6.55. The molecule has 25 heavy (non-hydrogen) atoms. The van der Waals surface area contributed by atoms with Crippen molar-refractivity contribution in [3.8, 4) is 0 Å². The van der Waals surface area contributed by atoms with E-state index >= 15 is 0 Å². The summed E-state index contributed by atoms with van der Waals surface area (Å²) in [5, 5.41) is 3.03. The largest absolute Gasteiger partial charge is 0.368 e. The maximum Gasteiger partial charge on any atom is 0.240 e. The Morgan fingerprint density at radius 2 is 1.68 bits per heavy atom. The fourth-order valence-electron chi connectivity index (χ4n) is 5.81. The van der Waals surface area contributed by atoms with Crippen molar-refractivity contribution in [2.45, 2.75) is 51.0 Å². The number of hydrogen-bond donors (Lipinski definition) is 2. The lowest BCUT2D eigenvalue weighted by molar-refractivity contribution is -0.148. The number of amides is 2. The number of nitrogens with one attached hydrogen (secondary N) is 1. The minimum atomic E-state index is -0.628. The summed E-state index contributed by atoms with van der Waals surface area (Å²) in [5.41, 5.74) is 6.43. The standard InChI is InChI=1S/C20H25IN2O2/c21-16-4-2-1-3-15(16)8-17(18(22)24)23-19(25)20-9-12-5-13(10-20)7-14(6-12)11-20/h1-4,12-14,17H,5-11H2,(H2,22,24)(H,23,25)/t12?,13?,14?,17-,20?/m0/s1. The minimum Gasteiger partial charge on any atom is -0.368 e. The first-order chi connectivity index (χ1) is 11.9. The highest BCUT2D eigenvalue weighted by molar-refractivity contribution is 14.1. The predicted molar refractivity (Wildman–Crippen MR) is 105 cm³/mol. The van der Waals surface area contributed by atoms with Crippen molar-refractivity contribution in [3.63, 3.8) is 0 Å². The lowest BCUT2D eigenvalue weighted by Crippen LogP contribution is -2.57. The summed E-state index contributed by atoms with van der Waals surface area (Å²) in [7, 11) is 0. The molecule has 0 radical (unpaired) electrons. The van der Waals surface area contributed by atoms with Gasteiger partial charge in [0.25, 0.3) is 0 Å². The van der Waals surface area contributed by atoms with Crippen LogP contribution >= 0.6 is 22.6 Å². The SMILES string of the molecule is NC(=O)[C@H](Cc1ccccc1I)NC(=O)C12CC3CC(CC(C3)C1)C2. The van der Waals surface area contributed by atoms with Crippen LogP contribution in [0.5, 0.6) is 0 Å². The maximum atomic E-state index is 13.2. The van der Waals surface area contributed by atoms with Gasteiger partial charge in [-0.3, -0.25) is 9.59 Å². The summed E-state index contributed by atoms with van der Waals surface area (Å²) in [6.07, 6.45) is 7.36. The number of benzene rings is 1. The smallest absolute Gasteiger partial charge is 0.240 e. The lowest BCUT2D eigenvalue weighted by Gasteiger charge is -2.55. The van der Waals surface area contributed by atoms with Crippen LogP contribution in [0.1, 0.15) is 44.1 Å². The molecule has 4 saturated carbocycles. The van der Waals surface area contributed by atoms with Gasteiger partial charge in [0.2, 0.25) is 11.8 Å². The van der Waals surface area contributed by atoms with Gasteiger partial charge in [-0.15, -0.1) is 0 Å². The Hall–Kier alpha value is -1.11. The highest BCUT2D eigenvalue weighted by Crippen LogP contribution is 2.60. The number of nitrogens with two attached hydrogens (primary N) is 1. The summed E-state index contributed by atoms with van der Waals surface area (Å²) in [4.78, 5) is 25.1. The van der Waals surface area contributed by atoms with Crippen LogP contribution in [-0.4, -0.2) is 17.9 Å². The summed E-state index contributed by atoms with van der Waals surface area (Å²) in [5.74, 6) is 1.75. The molecule has 4 fully saturated rings. The molecule has 4 nitrogen and oxygen atoms in total. The Morgan fingerprint density at radius 3 is 2.20 bits per heavy atom. The topological polar surface area (TPSA) is 72.2 Å². The highest BCUT2D eigenvalue weighted by Gasteiger charge is 2.54. The van der Waals surface area contributed by atoms with Crippen molar-refractivity contribution in [1.29, 1.82) is 0 Å². The van der Waals surface area contributed by atoms with Gasteiger partial charge >= 0.3 is 0 Å². The third kappa shape index (κ3) is 3.32. The van der Waals surface area contributed by atoms with Gasteiger partial charge in [-0.2, -0.15) is 0 Å². The summed E-state index contributed by atoms with van der Waals surface area (Å²) in [6.45, 7) is 0. The first-order valence-corrected chi connectivity index (χ1v) is 10.4. The number of halogens is 1. The molecule has 0 heterocycles. The van der Waals surface area contributed by atoms with Crippen LogP contribution < -0.4 is 11.1 Å². The van der Waals surface area contributed by atoms with Gasteiger partial charge < -0.3 is 11.1 Å². The molecule has 4 aliphatic carbocycles.